The first-order chi connectivity index (χ1) is 8.22. The van der Waals surface area contributed by atoms with Gasteiger partial charge in [0.05, 0.1) is 9.77 Å². The van der Waals surface area contributed by atoms with Crippen LogP contribution in [0.4, 0.5) is 0 Å². The largest absolute Gasteiger partial charge is 0.409 e. The van der Waals surface area contributed by atoms with E-state index in [1.54, 1.807) is 17.5 Å². The van der Waals surface area contributed by atoms with Crippen molar-refractivity contribution in [2.45, 2.75) is 16.2 Å². The number of amidine groups is 1. The van der Waals surface area contributed by atoms with Gasteiger partial charge in [-0.2, -0.15) is 0 Å². The molecule has 0 spiro atoms. The smallest absolute Gasteiger partial charge is 0.173 e. The van der Waals surface area contributed by atoms with Crippen LogP contribution in [-0.4, -0.2) is 16.0 Å². The van der Waals surface area contributed by atoms with Gasteiger partial charge in [-0.25, -0.2) is 4.98 Å². The van der Waals surface area contributed by atoms with Crippen LogP contribution in [0, 0.1) is 6.92 Å². The molecule has 0 bridgehead atoms. The summed E-state index contributed by atoms with van der Waals surface area (Å²) >= 11 is 3.15. The van der Waals surface area contributed by atoms with Crippen LogP contribution in [0.15, 0.2) is 44.2 Å². The third-order valence-corrected chi connectivity index (χ3v) is 4.22. The first kappa shape index (κ1) is 11.9. The lowest BCUT2D eigenvalue weighted by Gasteiger charge is -2.08. The molecule has 0 aliphatic carbocycles. The van der Waals surface area contributed by atoms with Crippen LogP contribution < -0.4 is 5.73 Å². The van der Waals surface area contributed by atoms with E-state index in [-0.39, 0.29) is 5.84 Å². The molecule has 0 aliphatic heterocycles. The van der Waals surface area contributed by atoms with Gasteiger partial charge in [-0.3, -0.25) is 0 Å². The first-order valence-corrected chi connectivity index (χ1v) is 6.57. The molecule has 0 aliphatic rings. The van der Waals surface area contributed by atoms with Crippen molar-refractivity contribution >= 4 is 28.9 Å². The molecule has 6 heteroatoms. The monoisotopic (exact) mass is 265 g/mol. The molecule has 4 nitrogen and oxygen atoms in total. The maximum absolute atomic E-state index is 8.79. The average Bonchev–Trinajstić information content (AvgIpc) is 2.81. The number of aryl methyl sites for hydroxylation is 1. The van der Waals surface area contributed by atoms with Crippen LogP contribution in [0.5, 0.6) is 0 Å². The minimum Gasteiger partial charge on any atom is -0.409 e. The molecular formula is C11H11N3OS2. The standard InChI is InChI=1S/C11H11N3OS2/c1-7-4-5-13-11(9(7)10(12)14-15)17-8-3-2-6-16-8/h2-6,15H,1H3,(H2,12,14). The number of nitrogens with zero attached hydrogens (tertiary/aromatic N) is 2. The Morgan fingerprint density at radius 1 is 1.53 bits per heavy atom. The number of rotatable bonds is 3. The Morgan fingerprint density at radius 2 is 2.35 bits per heavy atom. The summed E-state index contributed by atoms with van der Waals surface area (Å²) in [5, 5.41) is 14.6. The SMILES string of the molecule is Cc1ccnc(Sc2cccs2)c1/C(N)=N/O. The minimum absolute atomic E-state index is 0.0923. The summed E-state index contributed by atoms with van der Waals surface area (Å²) in [6, 6.07) is 5.83. The van der Waals surface area contributed by atoms with Gasteiger partial charge in [-0.15, -0.1) is 11.3 Å². The summed E-state index contributed by atoms with van der Waals surface area (Å²) in [5.74, 6) is 0.0923. The number of nitrogens with two attached hydrogens (primary N) is 1. The summed E-state index contributed by atoms with van der Waals surface area (Å²) in [6.07, 6.45) is 1.72. The predicted octanol–water partition coefficient (Wildman–Crippen LogP) is 2.70. The molecule has 0 fully saturated rings. The van der Waals surface area contributed by atoms with Gasteiger partial charge < -0.3 is 10.9 Å². The molecule has 0 atom stereocenters. The van der Waals surface area contributed by atoms with Gasteiger partial charge in [0.2, 0.25) is 0 Å². The molecular weight excluding hydrogens is 254 g/mol. The molecule has 3 N–H and O–H groups in total. The van der Waals surface area contributed by atoms with Crippen molar-refractivity contribution in [3.8, 4) is 0 Å². The zero-order valence-corrected chi connectivity index (χ0v) is 10.8. The quantitative estimate of drug-likeness (QED) is 0.387. The molecule has 0 saturated carbocycles. The molecule has 0 unspecified atom stereocenters. The summed E-state index contributed by atoms with van der Waals surface area (Å²) in [6.45, 7) is 1.91. The van der Waals surface area contributed by atoms with Crippen molar-refractivity contribution in [2.75, 3.05) is 0 Å². The zero-order chi connectivity index (χ0) is 12.3. The second-order valence-electron chi connectivity index (χ2n) is 3.33. The van der Waals surface area contributed by atoms with Crippen LogP contribution in [0.1, 0.15) is 11.1 Å². The molecule has 0 amide bonds. The maximum atomic E-state index is 8.79. The van der Waals surface area contributed by atoms with E-state index < -0.39 is 0 Å². The Labute approximate surface area is 107 Å². The molecule has 17 heavy (non-hydrogen) atoms. The number of hydrogen-bond donors (Lipinski definition) is 2. The van der Waals surface area contributed by atoms with E-state index in [1.165, 1.54) is 11.8 Å². The summed E-state index contributed by atoms with van der Waals surface area (Å²) < 4.78 is 1.12. The Kier molecular flexibility index (Phi) is 3.65. The Bertz CT molecular complexity index is 538. The van der Waals surface area contributed by atoms with Gasteiger partial charge in [-0.1, -0.05) is 23.0 Å². The van der Waals surface area contributed by atoms with Crippen LogP contribution >= 0.6 is 23.1 Å². The van der Waals surface area contributed by atoms with Crippen LogP contribution in [-0.2, 0) is 0 Å². The number of oxime groups is 1. The highest BCUT2D eigenvalue weighted by atomic mass is 32.2. The fourth-order valence-electron chi connectivity index (χ4n) is 1.39. The number of pyridine rings is 1. The fourth-order valence-corrected chi connectivity index (χ4v) is 3.25. The molecule has 0 saturated heterocycles. The Hall–Kier alpha value is -1.53. The lowest BCUT2D eigenvalue weighted by Crippen LogP contribution is -2.16. The lowest BCUT2D eigenvalue weighted by molar-refractivity contribution is 0.318. The van der Waals surface area contributed by atoms with E-state index in [4.69, 9.17) is 10.9 Å². The maximum Gasteiger partial charge on any atom is 0.173 e. The molecule has 88 valence electrons. The number of thiophene rings is 1. The van der Waals surface area contributed by atoms with Crippen LogP contribution in [0.3, 0.4) is 0 Å². The highest BCUT2D eigenvalue weighted by Crippen LogP contribution is 2.32. The molecule has 2 aromatic heterocycles. The topological polar surface area (TPSA) is 71.5 Å². The van der Waals surface area contributed by atoms with Crippen molar-refractivity contribution in [1.82, 2.24) is 4.98 Å². The van der Waals surface area contributed by atoms with Crippen molar-refractivity contribution in [1.29, 1.82) is 0 Å². The highest BCUT2D eigenvalue weighted by molar-refractivity contribution is 8.01. The van der Waals surface area contributed by atoms with Gasteiger partial charge in [0, 0.05) is 6.20 Å². The molecule has 2 aromatic rings. The van der Waals surface area contributed by atoms with Crippen molar-refractivity contribution in [3.63, 3.8) is 0 Å². The predicted molar refractivity (Wildman–Crippen MR) is 69.9 cm³/mol. The van der Waals surface area contributed by atoms with E-state index in [1.807, 2.05) is 30.5 Å². The van der Waals surface area contributed by atoms with E-state index in [0.717, 1.165) is 14.8 Å². The molecule has 2 rings (SSSR count). The van der Waals surface area contributed by atoms with Crippen LogP contribution in [0.2, 0.25) is 0 Å². The second-order valence-corrected chi connectivity index (χ2v) is 5.56. The summed E-state index contributed by atoms with van der Waals surface area (Å²) in [4.78, 5) is 4.28. The Morgan fingerprint density at radius 3 is 3.00 bits per heavy atom. The molecule has 2 heterocycles. The third kappa shape index (κ3) is 2.59. The first-order valence-electron chi connectivity index (χ1n) is 4.87. The van der Waals surface area contributed by atoms with Gasteiger partial charge in [0.25, 0.3) is 0 Å². The van der Waals surface area contributed by atoms with Gasteiger partial charge in [0.15, 0.2) is 5.84 Å². The van der Waals surface area contributed by atoms with Crippen molar-refractivity contribution in [2.24, 2.45) is 10.9 Å². The number of hydrogen-bond acceptors (Lipinski definition) is 5. The van der Waals surface area contributed by atoms with Gasteiger partial charge in [-0.05, 0) is 30.0 Å². The van der Waals surface area contributed by atoms with Crippen molar-refractivity contribution < 1.29 is 5.21 Å². The molecule has 0 radical (unpaired) electrons. The third-order valence-electron chi connectivity index (χ3n) is 2.18. The minimum atomic E-state index is 0.0923. The summed E-state index contributed by atoms with van der Waals surface area (Å²) in [5.41, 5.74) is 7.30. The van der Waals surface area contributed by atoms with Crippen molar-refractivity contribution in [3.05, 3.63) is 40.9 Å². The second kappa shape index (κ2) is 5.20. The average molecular weight is 265 g/mol. The number of aromatic nitrogens is 1. The van der Waals surface area contributed by atoms with Gasteiger partial charge >= 0.3 is 0 Å². The summed E-state index contributed by atoms with van der Waals surface area (Å²) in [7, 11) is 0. The normalized spacial score (nSPS) is 11.7. The van der Waals surface area contributed by atoms with E-state index in [2.05, 4.69) is 10.1 Å². The highest BCUT2D eigenvalue weighted by Gasteiger charge is 2.13. The fraction of sp³-hybridized carbons (Fsp3) is 0.0909. The zero-order valence-electron chi connectivity index (χ0n) is 9.12. The van der Waals surface area contributed by atoms with E-state index in [9.17, 15) is 0 Å². The molecule has 0 aromatic carbocycles. The van der Waals surface area contributed by atoms with Crippen LogP contribution in [0.25, 0.3) is 0 Å². The lowest BCUT2D eigenvalue weighted by atomic mass is 10.1. The Balaban J connectivity index is 2.43. The van der Waals surface area contributed by atoms with Gasteiger partial charge in [0.1, 0.15) is 5.03 Å². The van der Waals surface area contributed by atoms with E-state index >= 15 is 0 Å². The van der Waals surface area contributed by atoms with E-state index in [0.29, 0.717) is 5.56 Å².